The van der Waals surface area contributed by atoms with Gasteiger partial charge in [-0.1, -0.05) is 0 Å². The molecule has 78 valence electrons. The van der Waals surface area contributed by atoms with Crippen molar-refractivity contribution in [3.63, 3.8) is 0 Å². The fraction of sp³-hybridized carbons (Fsp3) is 0.250. The second-order valence-electron chi connectivity index (χ2n) is 2.42. The van der Waals surface area contributed by atoms with Crippen LogP contribution >= 0.6 is 47.8 Å². The summed E-state index contributed by atoms with van der Waals surface area (Å²) in [5, 5.41) is 0. The Kier molecular flexibility index (Phi) is 4.09. The number of ether oxygens (including phenoxy) is 2. The zero-order chi connectivity index (χ0) is 10.9. The van der Waals surface area contributed by atoms with E-state index >= 15 is 0 Å². The second-order valence-corrected chi connectivity index (χ2v) is 4.80. The van der Waals surface area contributed by atoms with Gasteiger partial charge in [-0.15, -0.1) is 0 Å². The van der Waals surface area contributed by atoms with E-state index in [0.717, 1.165) is 4.47 Å². The summed E-state index contributed by atoms with van der Waals surface area (Å²) in [5.74, 6) is 1.23. The van der Waals surface area contributed by atoms with E-state index in [4.69, 9.17) is 15.2 Å². The summed E-state index contributed by atoms with van der Waals surface area (Å²) in [6.07, 6.45) is 0. The van der Waals surface area contributed by atoms with Crippen LogP contribution in [0.1, 0.15) is 0 Å². The Balaban J connectivity index is 3.56. The van der Waals surface area contributed by atoms with Crippen LogP contribution < -0.4 is 15.2 Å². The van der Waals surface area contributed by atoms with Crippen molar-refractivity contribution in [3.05, 3.63) is 13.4 Å². The van der Waals surface area contributed by atoms with Gasteiger partial charge in [0.05, 0.1) is 28.9 Å². The molecule has 0 saturated heterocycles. The van der Waals surface area contributed by atoms with Crippen LogP contribution in [0.5, 0.6) is 11.5 Å². The molecule has 0 spiro atoms. The Morgan fingerprint density at radius 3 is 1.50 bits per heavy atom. The zero-order valence-corrected chi connectivity index (χ0v) is 12.3. The third-order valence-electron chi connectivity index (χ3n) is 1.68. The first-order valence-electron chi connectivity index (χ1n) is 3.58. The van der Waals surface area contributed by atoms with E-state index in [9.17, 15) is 0 Å². The number of rotatable bonds is 2. The fourth-order valence-electron chi connectivity index (χ4n) is 0.995. The SMILES string of the molecule is COc1c(Br)c(N)c(Br)c(OC)c1Br. The Morgan fingerprint density at radius 2 is 1.21 bits per heavy atom. The molecule has 2 N–H and O–H groups in total. The van der Waals surface area contributed by atoms with Crippen LogP contribution in [-0.2, 0) is 0 Å². The third-order valence-corrected chi connectivity index (χ3v) is 3.97. The molecule has 0 radical (unpaired) electrons. The van der Waals surface area contributed by atoms with E-state index in [1.54, 1.807) is 14.2 Å². The van der Waals surface area contributed by atoms with Crippen molar-refractivity contribution in [3.8, 4) is 11.5 Å². The van der Waals surface area contributed by atoms with Gasteiger partial charge < -0.3 is 15.2 Å². The van der Waals surface area contributed by atoms with Crippen LogP contribution in [0.4, 0.5) is 5.69 Å². The Morgan fingerprint density at radius 1 is 0.857 bits per heavy atom. The van der Waals surface area contributed by atoms with Gasteiger partial charge in [0.2, 0.25) is 0 Å². The largest absolute Gasteiger partial charge is 0.494 e. The van der Waals surface area contributed by atoms with Crippen LogP contribution in [0.15, 0.2) is 13.4 Å². The number of hydrogen-bond acceptors (Lipinski definition) is 3. The molecular weight excluding hydrogens is 382 g/mol. The molecule has 1 aromatic rings. The summed E-state index contributed by atoms with van der Waals surface area (Å²) in [6, 6.07) is 0. The number of halogens is 3. The molecule has 0 aliphatic heterocycles. The number of nitrogen functional groups attached to an aromatic ring is 1. The third kappa shape index (κ3) is 1.87. The molecule has 1 aromatic carbocycles. The quantitative estimate of drug-likeness (QED) is 0.786. The first-order chi connectivity index (χ1) is 6.54. The molecule has 3 nitrogen and oxygen atoms in total. The molecule has 0 aromatic heterocycles. The van der Waals surface area contributed by atoms with Gasteiger partial charge >= 0.3 is 0 Å². The fourth-order valence-corrected chi connectivity index (χ4v) is 3.63. The van der Waals surface area contributed by atoms with Crippen molar-refractivity contribution in [2.45, 2.75) is 0 Å². The van der Waals surface area contributed by atoms with Crippen LogP contribution in [-0.4, -0.2) is 14.2 Å². The number of benzene rings is 1. The lowest BCUT2D eigenvalue weighted by molar-refractivity contribution is 0.386. The van der Waals surface area contributed by atoms with E-state index in [-0.39, 0.29) is 0 Å². The first-order valence-corrected chi connectivity index (χ1v) is 5.96. The molecule has 0 amide bonds. The van der Waals surface area contributed by atoms with E-state index < -0.39 is 0 Å². The molecule has 1 rings (SSSR count). The standard InChI is InChI=1S/C8H8Br3NO2/c1-13-7-3(9)6(12)4(10)8(14-2)5(7)11/h12H2,1-2H3. The molecule has 0 atom stereocenters. The maximum Gasteiger partial charge on any atom is 0.153 e. The maximum atomic E-state index is 5.83. The zero-order valence-electron chi connectivity index (χ0n) is 7.53. The van der Waals surface area contributed by atoms with Crippen LogP contribution in [0.2, 0.25) is 0 Å². The molecule has 0 fully saturated rings. The van der Waals surface area contributed by atoms with Gasteiger partial charge in [0.1, 0.15) is 4.47 Å². The molecule has 14 heavy (non-hydrogen) atoms. The summed E-state index contributed by atoms with van der Waals surface area (Å²) >= 11 is 10.1. The highest BCUT2D eigenvalue weighted by molar-refractivity contribution is 9.12. The normalized spacial score (nSPS) is 10.1. The molecule has 0 heterocycles. The summed E-state index contributed by atoms with van der Waals surface area (Å²) in [7, 11) is 3.13. The number of methoxy groups -OCH3 is 2. The van der Waals surface area contributed by atoms with Crippen molar-refractivity contribution in [2.75, 3.05) is 20.0 Å². The van der Waals surface area contributed by atoms with Gasteiger partial charge in [-0.3, -0.25) is 0 Å². The summed E-state index contributed by atoms with van der Waals surface area (Å²) in [5.41, 5.74) is 6.37. The lowest BCUT2D eigenvalue weighted by Crippen LogP contribution is -1.97. The van der Waals surface area contributed by atoms with E-state index in [1.807, 2.05) is 0 Å². The highest BCUT2D eigenvalue weighted by Crippen LogP contribution is 2.49. The Bertz CT molecular complexity index is 337. The molecule has 0 saturated carbocycles. The topological polar surface area (TPSA) is 44.5 Å². The van der Waals surface area contributed by atoms with Crippen LogP contribution in [0.3, 0.4) is 0 Å². The molecule has 0 aliphatic carbocycles. The van der Waals surface area contributed by atoms with E-state index in [2.05, 4.69) is 47.8 Å². The van der Waals surface area contributed by atoms with Crippen molar-refractivity contribution in [2.24, 2.45) is 0 Å². The molecule has 0 unspecified atom stereocenters. The van der Waals surface area contributed by atoms with E-state index in [0.29, 0.717) is 26.1 Å². The summed E-state index contributed by atoms with van der Waals surface area (Å²) in [4.78, 5) is 0. The number of hydrogen-bond donors (Lipinski definition) is 1. The van der Waals surface area contributed by atoms with Gasteiger partial charge in [-0.05, 0) is 47.8 Å². The van der Waals surface area contributed by atoms with Gasteiger partial charge in [-0.2, -0.15) is 0 Å². The predicted molar refractivity (Wildman–Crippen MR) is 67.1 cm³/mol. The second kappa shape index (κ2) is 4.72. The van der Waals surface area contributed by atoms with Crippen molar-refractivity contribution in [1.82, 2.24) is 0 Å². The van der Waals surface area contributed by atoms with Gasteiger partial charge in [0.25, 0.3) is 0 Å². The Labute approximate surface area is 107 Å². The van der Waals surface area contributed by atoms with Crippen LogP contribution in [0.25, 0.3) is 0 Å². The maximum absolute atomic E-state index is 5.83. The Hall–Kier alpha value is 0.0600. The monoisotopic (exact) mass is 387 g/mol. The highest BCUT2D eigenvalue weighted by Gasteiger charge is 2.19. The molecular formula is C8H8Br3NO2. The number of nitrogens with two attached hydrogens (primary N) is 1. The molecule has 0 bridgehead atoms. The summed E-state index contributed by atoms with van der Waals surface area (Å²) in [6.45, 7) is 0. The number of anilines is 1. The first kappa shape index (κ1) is 12.1. The highest BCUT2D eigenvalue weighted by atomic mass is 79.9. The van der Waals surface area contributed by atoms with Gasteiger partial charge in [0.15, 0.2) is 11.5 Å². The lowest BCUT2D eigenvalue weighted by Gasteiger charge is -2.14. The van der Waals surface area contributed by atoms with E-state index in [1.165, 1.54) is 0 Å². The van der Waals surface area contributed by atoms with Gasteiger partial charge in [-0.25, -0.2) is 0 Å². The molecule has 6 heteroatoms. The minimum Gasteiger partial charge on any atom is -0.494 e. The average Bonchev–Trinajstić information content (AvgIpc) is 2.16. The molecule has 0 aliphatic rings. The van der Waals surface area contributed by atoms with Crippen LogP contribution in [0, 0.1) is 0 Å². The lowest BCUT2D eigenvalue weighted by atomic mass is 10.3. The average molecular weight is 390 g/mol. The minimum atomic E-state index is 0.543. The van der Waals surface area contributed by atoms with Crippen molar-refractivity contribution in [1.29, 1.82) is 0 Å². The van der Waals surface area contributed by atoms with Crippen molar-refractivity contribution < 1.29 is 9.47 Å². The minimum absolute atomic E-state index is 0.543. The predicted octanol–water partition coefficient (Wildman–Crippen LogP) is 3.57. The summed E-state index contributed by atoms with van der Waals surface area (Å²) < 4.78 is 12.5. The van der Waals surface area contributed by atoms with Crippen molar-refractivity contribution >= 4 is 53.5 Å². The smallest absolute Gasteiger partial charge is 0.153 e. The van der Waals surface area contributed by atoms with Gasteiger partial charge in [0, 0.05) is 0 Å².